The summed E-state index contributed by atoms with van der Waals surface area (Å²) < 4.78 is 7.82. The van der Waals surface area contributed by atoms with Gasteiger partial charge in [0.05, 0.1) is 18.3 Å². The van der Waals surface area contributed by atoms with Crippen LogP contribution in [0.4, 0.5) is 5.82 Å². The number of carbonyl (C=O) groups excluding carboxylic acids is 2. The van der Waals surface area contributed by atoms with Crippen molar-refractivity contribution in [3.8, 4) is 0 Å². The molecule has 1 aromatic rings. The molecule has 1 aliphatic heterocycles. The Balaban J connectivity index is 2.33. The van der Waals surface area contributed by atoms with Gasteiger partial charge in [0, 0.05) is 0 Å². The maximum absolute atomic E-state index is 11.6. The number of nitrogens with one attached hydrogen (secondary N) is 1. The molecule has 0 aliphatic carbocycles. The van der Waals surface area contributed by atoms with Crippen molar-refractivity contribution in [2.24, 2.45) is 0 Å². The van der Waals surface area contributed by atoms with Crippen molar-refractivity contribution < 1.29 is 9.59 Å². The van der Waals surface area contributed by atoms with Crippen LogP contribution in [-0.4, -0.2) is 33.1 Å². The Kier molecular flexibility index (Phi) is 3.06. The third kappa shape index (κ3) is 1.88. The van der Waals surface area contributed by atoms with Crippen LogP contribution in [0.5, 0.6) is 0 Å². The van der Waals surface area contributed by atoms with Crippen molar-refractivity contribution in [1.29, 1.82) is 0 Å². The fraction of sp³-hybridized carbons (Fsp3) is 0.500. The molecule has 1 atom stereocenters. The molecule has 1 unspecified atom stereocenters. The van der Waals surface area contributed by atoms with E-state index in [1.807, 2.05) is 6.92 Å². The molecule has 0 saturated carbocycles. The number of carbonyl (C=O) groups is 2. The highest BCUT2D eigenvalue weighted by molar-refractivity contribution is 6.99. The Morgan fingerprint density at radius 2 is 2.31 bits per heavy atom. The summed E-state index contributed by atoms with van der Waals surface area (Å²) in [4.78, 5) is 24.5. The summed E-state index contributed by atoms with van der Waals surface area (Å²) in [5, 5.41) is 2.51. The molecule has 1 saturated heterocycles. The molecule has 1 N–H and O–H groups in total. The van der Waals surface area contributed by atoms with Crippen molar-refractivity contribution in [2.75, 3.05) is 11.4 Å². The van der Waals surface area contributed by atoms with E-state index in [0.717, 1.165) is 11.7 Å². The predicted octanol–water partition coefficient (Wildman–Crippen LogP) is 0.433. The van der Waals surface area contributed by atoms with Gasteiger partial charge >= 0.3 is 0 Å². The molecule has 0 aromatic carbocycles. The Hall–Kier alpha value is -1.21. The Labute approximate surface area is 101 Å². The quantitative estimate of drug-likeness (QED) is 0.781. The molecule has 2 amide bonds. The number of hydrogen-bond donors (Lipinski definition) is 1. The average Bonchev–Trinajstić information content (AvgIpc) is 2.63. The lowest BCUT2D eigenvalue weighted by molar-refractivity contribution is -0.132. The summed E-state index contributed by atoms with van der Waals surface area (Å²) in [6.07, 6.45) is 0.576. The van der Waals surface area contributed by atoms with Gasteiger partial charge in [0.15, 0.2) is 11.0 Å². The molecule has 1 aromatic heterocycles. The SMILES string of the molecule is CCC1C(=O)NC(=O)CN1c1nsnc1Cl. The fourth-order valence-corrected chi connectivity index (χ4v) is 2.40. The second-order valence-electron chi connectivity index (χ2n) is 3.34. The minimum atomic E-state index is -0.418. The van der Waals surface area contributed by atoms with E-state index in [9.17, 15) is 9.59 Å². The van der Waals surface area contributed by atoms with Crippen LogP contribution in [0.3, 0.4) is 0 Å². The van der Waals surface area contributed by atoms with E-state index in [4.69, 9.17) is 11.6 Å². The van der Waals surface area contributed by atoms with E-state index in [1.54, 1.807) is 4.90 Å². The summed E-state index contributed by atoms with van der Waals surface area (Å²) in [6.45, 7) is 1.94. The number of hydrogen-bond acceptors (Lipinski definition) is 6. The molecule has 2 rings (SSSR count). The molecule has 6 nitrogen and oxygen atoms in total. The first-order valence-electron chi connectivity index (χ1n) is 4.72. The molecular weight excluding hydrogens is 252 g/mol. The van der Waals surface area contributed by atoms with Crippen LogP contribution in [0.15, 0.2) is 0 Å². The van der Waals surface area contributed by atoms with Crippen molar-refractivity contribution in [1.82, 2.24) is 14.1 Å². The van der Waals surface area contributed by atoms with Gasteiger partial charge in [-0.25, -0.2) is 0 Å². The largest absolute Gasteiger partial charge is 0.332 e. The summed E-state index contributed by atoms with van der Waals surface area (Å²) >= 11 is 6.80. The number of piperazine rings is 1. The summed E-state index contributed by atoms with van der Waals surface area (Å²) in [7, 11) is 0. The highest BCUT2D eigenvalue weighted by atomic mass is 35.5. The van der Waals surface area contributed by atoms with E-state index in [0.29, 0.717) is 12.2 Å². The minimum absolute atomic E-state index is 0.0787. The second-order valence-corrected chi connectivity index (χ2v) is 4.23. The lowest BCUT2D eigenvalue weighted by atomic mass is 10.1. The topological polar surface area (TPSA) is 75.2 Å². The lowest BCUT2D eigenvalue weighted by Gasteiger charge is -2.33. The Morgan fingerprint density at radius 1 is 1.56 bits per heavy atom. The smallest absolute Gasteiger partial charge is 0.249 e. The van der Waals surface area contributed by atoms with E-state index in [1.165, 1.54) is 0 Å². The zero-order valence-corrected chi connectivity index (χ0v) is 10.0. The first-order chi connectivity index (χ1) is 7.63. The van der Waals surface area contributed by atoms with Gasteiger partial charge in [0.1, 0.15) is 6.04 Å². The van der Waals surface area contributed by atoms with Crippen molar-refractivity contribution in [2.45, 2.75) is 19.4 Å². The highest BCUT2D eigenvalue weighted by Gasteiger charge is 2.34. The van der Waals surface area contributed by atoms with Gasteiger partial charge in [-0.15, -0.1) is 0 Å². The summed E-state index contributed by atoms with van der Waals surface area (Å²) in [5.41, 5.74) is 0. The van der Waals surface area contributed by atoms with Crippen molar-refractivity contribution >= 4 is 41.0 Å². The fourth-order valence-electron chi connectivity index (χ4n) is 1.64. The van der Waals surface area contributed by atoms with Gasteiger partial charge in [-0.3, -0.25) is 14.9 Å². The first-order valence-corrected chi connectivity index (χ1v) is 5.82. The van der Waals surface area contributed by atoms with Gasteiger partial charge in [0.25, 0.3) is 0 Å². The summed E-state index contributed by atoms with van der Waals surface area (Å²) in [6, 6.07) is -0.418. The average molecular weight is 261 g/mol. The van der Waals surface area contributed by atoms with Crippen molar-refractivity contribution in [3.05, 3.63) is 5.15 Å². The van der Waals surface area contributed by atoms with E-state index in [-0.39, 0.29) is 23.5 Å². The number of nitrogens with zero attached hydrogens (tertiary/aromatic N) is 3. The maximum atomic E-state index is 11.6. The van der Waals surface area contributed by atoms with Gasteiger partial charge in [0.2, 0.25) is 11.8 Å². The zero-order chi connectivity index (χ0) is 11.7. The normalized spacial score (nSPS) is 21.1. The Morgan fingerprint density at radius 3 is 2.88 bits per heavy atom. The van der Waals surface area contributed by atoms with Crippen LogP contribution < -0.4 is 10.2 Å². The standard InChI is InChI=1S/C8H9ClN4O2S/c1-2-4-8(15)10-5(14)3-13(4)7-6(9)11-16-12-7/h4H,2-3H2,1H3,(H,10,14,15). The molecule has 0 bridgehead atoms. The monoisotopic (exact) mass is 260 g/mol. The highest BCUT2D eigenvalue weighted by Crippen LogP contribution is 2.26. The van der Waals surface area contributed by atoms with Crippen LogP contribution in [0.25, 0.3) is 0 Å². The van der Waals surface area contributed by atoms with Crippen LogP contribution in [0.1, 0.15) is 13.3 Å². The number of imide groups is 1. The van der Waals surface area contributed by atoms with Crippen LogP contribution in [-0.2, 0) is 9.59 Å². The van der Waals surface area contributed by atoms with Crippen molar-refractivity contribution in [3.63, 3.8) is 0 Å². The zero-order valence-electron chi connectivity index (χ0n) is 8.44. The van der Waals surface area contributed by atoms with E-state index < -0.39 is 6.04 Å². The molecule has 0 spiro atoms. The number of aromatic nitrogens is 2. The van der Waals surface area contributed by atoms with E-state index in [2.05, 4.69) is 14.1 Å². The van der Waals surface area contributed by atoms with Gasteiger partial charge in [-0.2, -0.15) is 8.75 Å². The van der Waals surface area contributed by atoms with Crippen LogP contribution >= 0.6 is 23.3 Å². The summed E-state index contributed by atoms with van der Waals surface area (Å²) in [5.74, 6) is -0.261. The molecule has 2 heterocycles. The van der Waals surface area contributed by atoms with Crippen LogP contribution in [0, 0.1) is 0 Å². The minimum Gasteiger partial charge on any atom is -0.332 e. The van der Waals surface area contributed by atoms with Gasteiger partial charge in [-0.1, -0.05) is 18.5 Å². The lowest BCUT2D eigenvalue weighted by Crippen LogP contribution is -2.58. The molecule has 1 aliphatic rings. The molecule has 1 fully saturated rings. The first kappa shape index (κ1) is 11.3. The van der Waals surface area contributed by atoms with E-state index >= 15 is 0 Å². The van der Waals surface area contributed by atoms with Crippen LogP contribution in [0.2, 0.25) is 5.15 Å². The number of anilines is 1. The predicted molar refractivity (Wildman–Crippen MR) is 59.5 cm³/mol. The van der Waals surface area contributed by atoms with Gasteiger partial charge in [-0.05, 0) is 6.42 Å². The number of rotatable bonds is 2. The second kappa shape index (κ2) is 4.34. The molecule has 8 heteroatoms. The van der Waals surface area contributed by atoms with Gasteiger partial charge < -0.3 is 4.90 Å². The Bertz CT molecular complexity index is 435. The molecule has 0 radical (unpaired) electrons. The molecular formula is C8H9ClN4O2S. The number of amides is 2. The third-order valence-electron chi connectivity index (χ3n) is 2.35. The number of halogens is 1. The maximum Gasteiger partial charge on any atom is 0.249 e. The molecule has 86 valence electrons. The molecule has 16 heavy (non-hydrogen) atoms. The third-order valence-corrected chi connectivity index (χ3v) is 3.22.